The first-order valence-corrected chi connectivity index (χ1v) is 5.44. The fourth-order valence-corrected chi connectivity index (χ4v) is 1.39. The zero-order valence-electron chi connectivity index (χ0n) is 10.9. The van der Waals surface area contributed by atoms with E-state index in [-0.39, 0.29) is 12.5 Å². The average Bonchev–Trinajstić information content (AvgIpc) is 2.32. The van der Waals surface area contributed by atoms with Crippen molar-refractivity contribution in [3.63, 3.8) is 0 Å². The van der Waals surface area contributed by atoms with E-state index in [0.717, 1.165) is 17.0 Å². The highest BCUT2D eigenvalue weighted by molar-refractivity contribution is 5.97. The van der Waals surface area contributed by atoms with E-state index >= 15 is 0 Å². The fourth-order valence-electron chi connectivity index (χ4n) is 1.39. The Kier molecular flexibility index (Phi) is 4.42. The van der Waals surface area contributed by atoms with E-state index in [2.05, 4.69) is 0 Å². The maximum absolute atomic E-state index is 13.7. The molecule has 0 aliphatic carbocycles. The Hall–Kier alpha value is -2.18. The monoisotopic (exact) mass is 271 g/mol. The van der Waals surface area contributed by atoms with Gasteiger partial charge in [0, 0.05) is 21.1 Å². The van der Waals surface area contributed by atoms with Crippen LogP contribution in [-0.2, 0) is 4.79 Å². The van der Waals surface area contributed by atoms with Crippen LogP contribution >= 0.6 is 0 Å². The van der Waals surface area contributed by atoms with E-state index in [0.29, 0.717) is 0 Å². The summed E-state index contributed by atoms with van der Waals surface area (Å²) in [5.41, 5.74) is 4.31. The Labute approximate surface area is 109 Å². The van der Waals surface area contributed by atoms with Gasteiger partial charge in [0.1, 0.15) is 5.82 Å². The second-order valence-electron chi connectivity index (χ2n) is 4.31. The number of nitrogens with zero attached hydrogens (tertiary/aromatic N) is 2. The zero-order valence-corrected chi connectivity index (χ0v) is 10.9. The summed E-state index contributed by atoms with van der Waals surface area (Å²) >= 11 is 0. The van der Waals surface area contributed by atoms with Gasteiger partial charge in [-0.2, -0.15) is 0 Å². The van der Waals surface area contributed by atoms with Gasteiger partial charge in [0.05, 0.1) is 17.8 Å². The number of hydrogen-bond acceptors (Lipinski definition) is 3. The molecule has 0 aliphatic rings. The lowest BCUT2D eigenvalue weighted by molar-refractivity contribution is -0.129. The number of benzene rings is 1. The van der Waals surface area contributed by atoms with Gasteiger partial charge < -0.3 is 15.5 Å². The summed E-state index contributed by atoms with van der Waals surface area (Å²) in [6, 6.07) is 1.54. The predicted octanol–water partition coefficient (Wildman–Crippen LogP) is 0.707. The van der Waals surface area contributed by atoms with Gasteiger partial charge in [-0.3, -0.25) is 9.59 Å². The molecule has 2 amide bonds. The Morgan fingerprint density at radius 2 is 1.79 bits per heavy atom. The smallest absolute Gasteiger partial charge is 0.257 e. The molecule has 104 valence electrons. The zero-order chi connectivity index (χ0) is 14.7. The Morgan fingerprint density at radius 1 is 1.21 bits per heavy atom. The molecule has 0 unspecified atom stereocenters. The van der Waals surface area contributed by atoms with Crippen LogP contribution in [0.2, 0.25) is 0 Å². The second-order valence-corrected chi connectivity index (χ2v) is 4.31. The summed E-state index contributed by atoms with van der Waals surface area (Å²) in [5.74, 6) is -2.94. The third-order valence-electron chi connectivity index (χ3n) is 2.51. The molecule has 0 aliphatic heterocycles. The molecule has 0 radical (unpaired) electrons. The van der Waals surface area contributed by atoms with Gasteiger partial charge in [0.15, 0.2) is 5.82 Å². The van der Waals surface area contributed by atoms with Crippen molar-refractivity contribution in [2.45, 2.75) is 0 Å². The molecule has 19 heavy (non-hydrogen) atoms. The summed E-state index contributed by atoms with van der Waals surface area (Å²) in [4.78, 5) is 25.7. The van der Waals surface area contributed by atoms with Gasteiger partial charge in [-0.1, -0.05) is 0 Å². The van der Waals surface area contributed by atoms with E-state index in [4.69, 9.17) is 5.73 Å². The van der Waals surface area contributed by atoms with Crippen LogP contribution in [0.25, 0.3) is 0 Å². The van der Waals surface area contributed by atoms with Crippen LogP contribution in [0.5, 0.6) is 0 Å². The van der Waals surface area contributed by atoms with Crippen molar-refractivity contribution < 1.29 is 18.4 Å². The van der Waals surface area contributed by atoms with Crippen molar-refractivity contribution in [3.05, 3.63) is 29.3 Å². The van der Waals surface area contributed by atoms with Gasteiger partial charge in [0.25, 0.3) is 5.91 Å². The highest BCUT2D eigenvalue weighted by Gasteiger charge is 2.21. The van der Waals surface area contributed by atoms with Gasteiger partial charge in [-0.15, -0.1) is 0 Å². The summed E-state index contributed by atoms with van der Waals surface area (Å²) in [6.45, 7) is -0.234. The predicted molar refractivity (Wildman–Crippen MR) is 66.4 cm³/mol. The maximum atomic E-state index is 13.7. The number of nitrogen functional groups attached to an aromatic ring is 1. The number of likely N-dealkylation sites (N-methyl/N-ethyl adjacent to an activating group) is 2. The molecule has 0 heterocycles. The Balaban J connectivity index is 2.98. The minimum atomic E-state index is -0.990. The summed E-state index contributed by atoms with van der Waals surface area (Å²) in [6.07, 6.45) is 0. The van der Waals surface area contributed by atoms with E-state index in [9.17, 15) is 18.4 Å². The topological polar surface area (TPSA) is 66.6 Å². The first-order chi connectivity index (χ1) is 8.73. The van der Waals surface area contributed by atoms with Gasteiger partial charge in [0.2, 0.25) is 5.91 Å². The second kappa shape index (κ2) is 5.64. The quantitative estimate of drug-likeness (QED) is 0.823. The van der Waals surface area contributed by atoms with Crippen molar-refractivity contribution >= 4 is 17.5 Å². The third kappa shape index (κ3) is 3.40. The van der Waals surface area contributed by atoms with E-state index < -0.39 is 28.8 Å². The highest BCUT2D eigenvalue weighted by Crippen LogP contribution is 2.18. The molecule has 0 fully saturated rings. The largest absolute Gasteiger partial charge is 0.396 e. The molecular weight excluding hydrogens is 256 g/mol. The molecule has 0 saturated carbocycles. The molecular formula is C12H15F2N3O2. The molecule has 1 rings (SSSR count). The lowest BCUT2D eigenvalue weighted by Gasteiger charge is -2.19. The first kappa shape index (κ1) is 14.9. The number of carbonyl (C=O) groups excluding carboxylic acids is 2. The molecule has 5 nitrogen and oxygen atoms in total. The number of amides is 2. The van der Waals surface area contributed by atoms with E-state index in [1.165, 1.54) is 26.0 Å². The van der Waals surface area contributed by atoms with Crippen molar-refractivity contribution in [3.8, 4) is 0 Å². The number of anilines is 1. The highest BCUT2D eigenvalue weighted by atomic mass is 19.1. The van der Waals surface area contributed by atoms with Crippen molar-refractivity contribution in [2.24, 2.45) is 0 Å². The number of rotatable bonds is 3. The Morgan fingerprint density at radius 3 is 2.32 bits per heavy atom. The Bertz CT molecular complexity index is 518. The number of nitrogens with two attached hydrogens (primary N) is 1. The summed E-state index contributed by atoms with van der Waals surface area (Å²) in [5, 5.41) is 0. The van der Waals surface area contributed by atoms with Gasteiger partial charge in [-0.05, 0) is 12.1 Å². The van der Waals surface area contributed by atoms with Crippen LogP contribution in [0.3, 0.4) is 0 Å². The minimum Gasteiger partial charge on any atom is -0.396 e. The lowest BCUT2D eigenvalue weighted by Crippen LogP contribution is -2.38. The molecule has 0 spiro atoms. The summed E-state index contributed by atoms with van der Waals surface area (Å²) in [7, 11) is 4.38. The molecule has 0 bridgehead atoms. The number of carbonyl (C=O) groups is 2. The van der Waals surface area contributed by atoms with Crippen LogP contribution in [0.4, 0.5) is 14.5 Å². The number of halogens is 2. The first-order valence-electron chi connectivity index (χ1n) is 5.44. The molecule has 1 aromatic carbocycles. The molecule has 0 atom stereocenters. The average molecular weight is 271 g/mol. The molecule has 2 N–H and O–H groups in total. The molecule has 7 heteroatoms. The van der Waals surface area contributed by atoms with Crippen LogP contribution in [0.15, 0.2) is 12.1 Å². The molecule has 1 aromatic rings. The maximum Gasteiger partial charge on any atom is 0.257 e. The molecule has 0 aromatic heterocycles. The molecule has 0 saturated heterocycles. The third-order valence-corrected chi connectivity index (χ3v) is 2.51. The van der Waals surface area contributed by atoms with Crippen LogP contribution in [-0.4, -0.2) is 49.3 Å². The lowest BCUT2D eigenvalue weighted by atomic mass is 10.1. The van der Waals surface area contributed by atoms with Crippen LogP contribution in [0, 0.1) is 11.6 Å². The van der Waals surface area contributed by atoms with Crippen molar-refractivity contribution in [1.29, 1.82) is 0 Å². The van der Waals surface area contributed by atoms with Crippen molar-refractivity contribution in [2.75, 3.05) is 33.4 Å². The van der Waals surface area contributed by atoms with E-state index in [1.807, 2.05) is 0 Å². The van der Waals surface area contributed by atoms with E-state index in [1.54, 1.807) is 0 Å². The minimum absolute atomic E-state index is 0.234. The van der Waals surface area contributed by atoms with Crippen LogP contribution in [0.1, 0.15) is 10.4 Å². The standard InChI is InChI=1S/C12H15F2N3O2/c1-16(2)10(18)6-17(3)12(19)8-4-7(13)5-9(15)11(8)14/h4-5H,6,15H2,1-3H3. The number of hydrogen-bond donors (Lipinski definition) is 1. The fraction of sp³-hybridized carbons (Fsp3) is 0.333. The van der Waals surface area contributed by atoms with Gasteiger partial charge in [-0.25, -0.2) is 8.78 Å². The van der Waals surface area contributed by atoms with Crippen molar-refractivity contribution in [1.82, 2.24) is 9.80 Å². The SMILES string of the molecule is CN(C)C(=O)CN(C)C(=O)c1cc(F)cc(N)c1F. The normalized spacial score (nSPS) is 10.2. The summed E-state index contributed by atoms with van der Waals surface area (Å²) < 4.78 is 26.8. The van der Waals surface area contributed by atoms with Crippen LogP contribution < -0.4 is 5.73 Å². The van der Waals surface area contributed by atoms with Gasteiger partial charge >= 0.3 is 0 Å².